The lowest BCUT2D eigenvalue weighted by Gasteiger charge is -2.40. The number of para-hydroxylation sites is 1. The van der Waals surface area contributed by atoms with Gasteiger partial charge >= 0.3 is 0 Å². The van der Waals surface area contributed by atoms with Gasteiger partial charge in [0, 0.05) is 16.6 Å². The van der Waals surface area contributed by atoms with Crippen LogP contribution in [0.2, 0.25) is 0 Å². The van der Waals surface area contributed by atoms with Crippen molar-refractivity contribution in [1.82, 2.24) is 4.90 Å². The van der Waals surface area contributed by atoms with Crippen LogP contribution in [0, 0.1) is 31.6 Å². The van der Waals surface area contributed by atoms with E-state index in [1.807, 2.05) is 69.3 Å². The first-order chi connectivity index (χ1) is 17.7. The average molecular weight is 522 g/mol. The van der Waals surface area contributed by atoms with E-state index < -0.39 is 28.7 Å². The van der Waals surface area contributed by atoms with Gasteiger partial charge in [-0.05, 0) is 61.9 Å². The number of carbonyl (C=O) groups is 3. The second kappa shape index (κ2) is 9.80. The van der Waals surface area contributed by atoms with Crippen molar-refractivity contribution >= 4 is 40.9 Å². The number of amides is 3. The van der Waals surface area contributed by atoms with Gasteiger partial charge in [0.1, 0.15) is 6.04 Å². The molecule has 0 radical (unpaired) electrons. The van der Waals surface area contributed by atoms with Crippen LogP contribution in [0.4, 0.5) is 11.4 Å². The Labute approximate surface area is 222 Å². The number of nitrogens with one attached hydrogen (secondary N) is 2. The molecule has 3 aliphatic heterocycles. The second-order valence-corrected chi connectivity index (χ2v) is 12.3. The molecule has 7 atom stereocenters. The second-order valence-electron chi connectivity index (χ2n) is 10.7. The summed E-state index contributed by atoms with van der Waals surface area (Å²) in [5.74, 6) is -1.72. The van der Waals surface area contributed by atoms with Crippen molar-refractivity contribution in [2.45, 2.75) is 62.6 Å². The minimum Gasteiger partial charge on any atom is -0.394 e. The maximum absolute atomic E-state index is 14.2. The molecular weight excluding hydrogens is 486 g/mol. The predicted molar refractivity (Wildman–Crippen MR) is 146 cm³/mol. The van der Waals surface area contributed by atoms with Crippen molar-refractivity contribution in [3.63, 3.8) is 0 Å². The van der Waals surface area contributed by atoms with Gasteiger partial charge in [0.25, 0.3) is 0 Å². The Morgan fingerprint density at radius 2 is 1.86 bits per heavy atom. The third kappa shape index (κ3) is 4.05. The lowest BCUT2D eigenvalue weighted by Crippen LogP contribution is -2.57. The van der Waals surface area contributed by atoms with Crippen LogP contribution < -0.4 is 10.6 Å². The third-order valence-corrected chi connectivity index (χ3v) is 10.6. The standard InChI is InChI=1S/C29H35N3O4S/c1-5-20(15-33)32-25(27(35)31-21-13-16(2)11-12-17(21)3)29-18(4)14-22(37-29)23(24(29)28(32)36)26(34)30-19-9-7-6-8-10-19/h6-13,18,20,22-25,33H,5,14-15H2,1-4H3,(H,30,34)(H,31,35)/t18?,20-,22-,23+,24-,25?,29?/m0/s1. The molecular formula is C29H35N3O4S. The Morgan fingerprint density at radius 1 is 1.14 bits per heavy atom. The Hall–Kier alpha value is -2.84. The molecule has 3 amide bonds. The Balaban J connectivity index is 1.54. The summed E-state index contributed by atoms with van der Waals surface area (Å²) in [5.41, 5.74) is 3.38. The number of likely N-dealkylation sites (tertiary alicyclic amines) is 1. The number of rotatable bonds is 7. The largest absolute Gasteiger partial charge is 0.394 e. The number of hydrogen-bond acceptors (Lipinski definition) is 5. The maximum Gasteiger partial charge on any atom is 0.248 e. The molecule has 5 rings (SSSR count). The van der Waals surface area contributed by atoms with Gasteiger partial charge in [-0.1, -0.05) is 44.2 Å². The molecule has 3 fully saturated rings. The molecule has 1 spiro atoms. The molecule has 8 heteroatoms. The Morgan fingerprint density at radius 3 is 2.54 bits per heavy atom. The molecule has 0 aromatic heterocycles. The normalized spacial score (nSPS) is 30.8. The highest BCUT2D eigenvalue weighted by atomic mass is 32.2. The van der Waals surface area contributed by atoms with E-state index in [-0.39, 0.29) is 35.5 Å². The SMILES string of the molecule is CC[C@@H](CO)N1C(=O)[C@@H]2[C@H](C(=O)Nc3ccccc3)[C@@H]3CC(C)C2(S3)C1C(=O)Nc1cc(C)ccc1C. The summed E-state index contributed by atoms with van der Waals surface area (Å²) in [6.45, 7) is 7.69. The molecule has 0 saturated carbocycles. The Kier molecular flexibility index (Phi) is 6.83. The Bertz CT molecular complexity index is 1220. The number of thioether (sulfide) groups is 1. The fraction of sp³-hybridized carbons (Fsp3) is 0.483. The number of nitrogens with zero attached hydrogens (tertiary/aromatic N) is 1. The maximum atomic E-state index is 14.2. The van der Waals surface area contributed by atoms with Gasteiger partial charge in [-0.2, -0.15) is 0 Å². The van der Waals surface area contributed by atoms with Crippen LogP contribution in [0.3, 0.4) is 0 Å². The summed E-state index contributed by atoms with van der Waals surface area (Å²) in [6, 6.07) is 13.9. The van der Waals surface area contributed by atoms with Crippen LogP contribution in [-0.2, 0) is 14.4 Å². The van der Waals surface area contributed by atoms with Crippen LogP contribution in [0.5, 0.6) is 0 Å². The summed E-state index contributed by atoms with van der Waals surface area (Å²) in [7, 11) is 0. The third-order valence-electron chi connectivity index (χ3n) is 8.50. The quantitative estimate of drug-likeness (QED) is 0.512. The molecule has 3 aliphatic rings. The molecule has 7 nitrogen and oxygen atoms in total. The van der Waals surface area contributed by atoms with E-state index in [9.17, 15) is 19.5 Å². The minimum atomic E-state index is -0.776. The van der Waals surface area contributed by atoms with Crippen molar-refractivity contribution in [2.75, 3.05) is 17.2 Å². The summed E-state index contributed by atoms with van der Waals surface area (Å²) in [4.78, 5) is 43.5. The number of hydrogen-bond donors (Lipinski definition) is 3. The van der Waals surface area contributed by atoms with Crippen LogP contribution in [0.1, 0.15) is 37.8 Å². The summed E-state index contributed by atoms with van der Waals surface area (Å²) >= 11 is 1.64. The number of carbonyl (C=O) groups excluding carboxylic acids is 3. The molecule has 2 bridgehead atoms. The molecule has 3 heterocycles. The minimum absolute atomic E-state index is 0.0416. The lowest BCUT2D eigenvalue weighted by atomic mass is 9.66. The zero-order valence-electron chi connectivity index (χ0n) is 21.7. The van der Waals surface area contributed by atoms with Crippen LogP contribution in [0.25, 0.3) is 0 Å². The molecule has 2 aromatic rings. The molecule has 3 unspecified atom stereocenters. The first-order valence-electron chi connectivity index (χ1n) is 13.1. The topological polar surface area (TPSA) is 98.7 Å². The van der Waals surface area contributed by atoms with Gasteiger partial charge in [-0.3, -0.25) is 14.4 Å². The van der Waals surface area contributed by atoms with E-state index in [1.165, 1.54) is 0 Å². The van der Waals surface area contributed by atoms with Crippen molar-refractivity contribution in [3.05, 3.63) is 59.7 Å². The fourth-order valence-corrected chi connectivity index (χ4v) is 9.09. The highest BCUT2D eigenvalue weighted by molar-refractivity contribution is 8.02. The van der Waals surface area contributed by atoms with Crippen molar-refractivity contribution in [3.8, 4) is 0 Å². The van der Waals surface area contributed by atoms with Crippen molar-refractivity contribution in [2.24, 2.45) is 17.8 Å². The number of fused-ring (bicyclic) bond motifs is 1. The zero-order valence-corrected chi connectivity index (χ0v) is 22.5. The molecule has 2 aromatic carbocycles. The van der Waals surface area contributed by atoms with E-state index >= 15 is 0 Å². The molecule has 37 heavy (non-hydrogen) atoms. The predicted octanol–water partition coefficient (Wildman–Crippen LogP) is 3.99. The van der Waals surface area contributed by atoms with Crippen molar-refractivity contribution < 1.29 is 19.5 Å². The van der Waals surface area contributed by atoms with Crippen LogP contribution in [0.15, 0.2) is 48.5 Å². The van der Waals surface area contributed by atoms with E-state index in [2.05, 4.69) is 17.6 Å². The van der Waals surface area contributed by atoms with Gasteiger partial charge in [0.2, 0.25) is 17.7 Å². The van der Waals surface area contributed by atoms with E-state index in [4.69, 9.17) is 0 Å². The molecule has 0 aliphatic carbocycles. The number of aryl methyl sites for hydroxylation is 2. The van der Waals surface area contributed by atoms with Gasteiger partial charge in [0.05, 0.1) is 29.2 Å². The van der Waals surface area contributed by atoms with E-state index in [0.29, 0.717) is 12.1 Å². The van der Waals surface area contributed by atoms with Crippen LogP contribution in [-0.4, -0.2) is 56.4 Å². The average Bonchev–Trinajstić information content (AvgIpc) is 3.47. The van der Waals surface area contributed by atoms with Crippen LogP contribution >= 0.6 is 11.8 Å². The van der Waals surface area contributed by atoms with E-state index in [1.54, 1.807) is 16.7 Å². The molecule has 3 N–H and O–H groups in total. The van der Waals surface area contributed by atoms with E-state index in [0.717, 1.165) is 23.2 Å². The van der Waals surface area contributed by atoms with Gasteiger partial charge in [0.15, 0.2) is 0 Å². The highest BCUT2D eigenvalue weighted by Gasteiger charge is 2.76. The first kappa shape index (κ1) is 25.8. The summed E-state index contributed by atoms with van der Waals surface area (Å²) in [6.07, 6.45) is 1.28. The van der Waals surface area contributed by atoms with Gasteiger partial charge in [-0.15, -0.1) is 11.8 Å². The molecule has 3 saturated heterocycles. The zero-order chi connectivity index (χ0) is 26.5. The smallest absolute Gasteiger partial charge is 0.248 e. The highest BCUT2D eigenvalue weighted by Crippen LogP contribution is 2.69. The number of aliphatic hydroxyl groups excluding tert-OH is 1. The van der Waals surface area contributed by atoms with Crippen molar-refractivity contribution in [1.29, 1.82) is 0 Å². The molecule has 196 valence electrons. The fourth-order valence-electron chi connectivity index (χ4n) is 6.68. The number of aliphatic hydroxyl groups is 1. The summed E-state index contributed by atoms with van der Waals surface area (Å²) < 4.78 is -0.731. The van der Waals surface area contributed by atoms with Gasteiger partial charge in [-0.25, -0.2) is 0 Å². The lowest BCUT2D eigenvalue weighted by molar-refractivity contribution is -0.141. The van der Waals surface area contributed by atoms with Gasteiger partial charge < -0.3 is 20.6 Å². The first-order valence-corrected chi connectivity index (χ1v) is 14.0. The monoisotopic (exact) mass is 521 g/mol. The summed E-state index contributed by atoms with van der Waals surface area (Å²) in [5, 5.41) is 16.3. The number of anilines is 2. The number of benzene rings is 2.